The van der Waals surface area contributed by atoms with E-state index in [2.05, 4.69) is 15.6 Å². The Morgan fingerprint density at radius 3 is 3.00 bits per heavy atom. The van der Waals surface area contributed by atoms with Gasteiger partial charge in [0.2, 0.25) is 5.91 Å². The van der Waals surface area contributed by atoms with Gasteiger partial charge in [-0.25, -0.2) is 9.78 Å². The number of carbonyl (C=O) groups is 2. The molecule has 6 nitrogen and oxygen atoms in total. The zero-order valence-electron chi connectivity index (χ0n) is 11.3. The predicted molar refractivity (Wildman–Crippen MR) is 74.2 cm³/mol. The van der Waals surface area contributed by atoms with Gasteiger partial charge >= 0.3 is 6.03 Å². The minimum absolute atomic E-state index is 0.120. The molecule has 1 saturated heterocycles. The molecular weight excluding hydrogens is 256 g/mol. The molecule has 0 unspecified atom stereocenters. The lowest BCUT2D eigenvalue weighted by Crippen LogP contribution is -2.36. The lowest BCUT2D eigenvalue weighted by molar-refractivity contribution is -0.117. The Morgan fingerprint density at radius 1 is 1.45 bits per heavy atom. The number of hydrogen-bond donors (Lipinski definition) is 2. The second kappa shape index (κ2) is 5.48. The molecule has 2 N–H and O–H groups in total. The third-order valence-electron chi connectivity index (χ3n) is 3.53. The molecule has 1 aliphatic carbocycles. The fourth-order valence-corrected chi connectivity index (χ4v) is 2.25. The molecule has 20 heavy (non-hydrogen) atoms. The Hall–Kier alpha value is -2.11. The number of pyridine rings is 1. The quantitative estimate of drug-likeness (QED) is 0.865. The third kappa shape index (κ3) is 3.07. The smallest absolute Gasteiger partial charge is 0.315 e. The molecule has 3 rings (SSSR count). The predicted octanol–water partition coefficient (Wildman–Crippen LogP) is 1.17. The number of hydrogen-bond acceptors (Lipinski definition) is 3. The van der Waals surface area contributed by atoms with Gasteiger partial charge in [-0.05, 0) is 37.0 Å². The van der Waals surface area contributed by atoms with Gasteiger partial charge in [0.1, 0.15) is 5.82 Å². The van der Waals surface area contributed by atoms with Crippen LogP contribution in [0.1, 0.15) is 31.2 Å². The molecule has 6 heteroatoms. The SMILES string of the molecule is O=C(NCc1ccnc(N2CCCC2=O)c1)NC1CC1. The Labute approximate surface area is 117 Å². The van der Waals surface area contributed by atoms with E-state index >= 15 is 0 Å². The van der Waals surface area contributed by atoms with Crippen LogP contribution in [0.15, 0.2) is 18.3 Å². The van der Waals surface area contributed by atoms with E-state index < -0.39 is 0 Å². The minimum Gasteiger partial charge on any atom is -0.335 e. The van der Waals surface area contributed by atoms with Crippen LogP contribution >= 0.6 is 0 Å². The highest BCUT2D eigenvalue weighted by molar-refractivity contribution is 5.94. The molecule has 1 saturated carbocycles. The molecule has 1 aliphatic heterocycles. The number of amides is 3. The number of urea groups is 1. The zero-order valence-corrected chi connectivity index (χ0v) is 11.3. The first-order valence-corrected chi connectivity index (χ1v) is 7.02. The molecule has 0 atom stereocenters. The summed E-state index contributed by atoms with van der Waals surface area (Å²) in [6.07, 6.45) is 5.30. The summed E-state index contributed by atoms with van der Waals surface area (Å²) in [6.45, 7) is 1.17. The summed E-state index contributed by atoms with van der Waals surface area (Å²) < 4.78 is 0. The summed E-state index contributed by atoms with van der Waals surface area (Å²) in [5.74, 6) is 0.795. The van der Waals surface area contributed by atoms with E-state index in [0.717, 1.165) is 31.4 Å². The first-order valence-electron chi connectivity index (χ1n) is 7.02. The molecule has 0 aromatic carbocycles. The van der Waals surface area contributed by atoms with E-state index in [1.54, 1.807) is 11.1 Å². The lowest BCUT2D eigenvalue weighted by atomic mass is 10.2. The number of nitrogens with zero attached hydrogens (tertiary/aromatic N) is 2. The number of rotatable bonds is 4. The lowest BCUT2D eigenvalue weighted by Gasteiger charge is -2.15. The first kappa shape index (κ1) is 12.9. The number of aromatic nitrogens is 1. The van der Waals surface area contributed by atoms with Crippen LogP contribution in [0.3, 0.4) is 0 Å². The topological polar surface area (TPSA) is 74.3 Å². The summed E-state index contributed by atoms with van der Waals surface area (Å²) in [4.78, 5) is 29.2. The monoisotopic (exact) mass is 274 g/mol. The first-order chi connectivity index (χ1) is 9.72. The third-order valence-corrected chi connectivity index (χ3v) is 3.53. The van der Waals surface area contributed by atoms with Crippen LogP contribution < -0.4 is 15.5 Å². The van der Waals surface area contributed by atoms with Gasteiger partial charge < -0.3 is 10.6 Å². The Bertz CT molecular complexity index is 528. The van der Waals surface area contributed by atoms with Crippen molar-refractivity contribution in [3.8, 4) is 0 Å². The summed E-state index contributed by atoms with van der Waals surface area (Å²) in [6, 6.07) is 3.93. The second-order valence-electron chi connectivity index (χ2n) is 5.27. The molecule has 1 aromatic rings. The van der Waals surface area contributed by atoms with E-state index in [-0.39, 0.29) is 11.9 Å². The van der Waals surface area contributed by atoms with Crippen molar-refractivity contribution in [2.24, 2.45) is 0 Å². The highest BCUT2D eigenvalue weighted by Gasteiger charge is 2.24. The molecule has 2 fully saturated rings. The number of carbonyl (C=O) groups excluding carboxylic acids is 2. The normalized spacial score (nSPS) is 18.2. The highest BCUT2D eigenvalue weighted by Crippen LogP contribution is 2.20. The van der Waals surface area contributed by atoms with Crippen LogP contribution in [0.5, 0.6) is 0 Å². The van der Waals surface area contributed by atoms with Gasteiger partial charge in [-0.1, -0.05) is 0 Å². The molecule has 0 bridgehead atoms. The fraction of sp³-hybridized carbons (Fsp3) is 0.500. The van der Waals surface area contributed by atoms with Gasteiger partial charge in [0.05, 0.1) is 0 Å². The standard InChI is InChI=1S/C14H18N4O2/c19-13-2-1-7-18(13)12-8-10(5-6-15-12)9-16-14(20)17-11-3-4-11/h5-6,8,11H,1-4,7,9H2,(H2,16,17,20). The molecule has 106 valence electrons. The van der Waals surface area contributed by atoms with Gasteiger partial charge in [0, 0.05) is 31.7 Å². The molecule has 2 heterocycles. The van der Waals surface area contributed by atoms with Crippen LogP contribution in [0.4, 0.5) is 10.6 Å². The van der Waals surface area contributed by atoms with E-state index in [1.807, 2.05) is 12.1 Å². The average Bonchev–Trinajstić information content (AvgIpc) is 3.15. The van der Waals surface area contributed by atoms with E-state index in [4.69, 9.17) is 0 Å². The summed E-state index contributed by atoms with van der Waals surface area (Å²) in [7, 11) is 0. The molecule has 3 amide bonds. The Balaban J connectivity index is 1.59. The Morgan fingerprint density at radius 2 is 2.30 bits per heavy atom. The van der Waals surface area contributed by atoms with Crippen LogP contribution in [-0.4, -0.2) is 29.5 Å². The number of nitrogens with one attached hydrogen (secondary N) is 2. The van der Waals surface area contributed by atoms with Gasteiger partial charge in [-0.3, -0.25) is 9.69 Å². The Kier molecular flexibility index (Phi) is 3.54. The van der Waals surface area contributed by atoms with Crippen LogP contribution in [-0.2, 0) is 11.3 Å². The van der Waals surface area contributed by atoms with Crippen molar-refractivity contribution in [2.75, 3.05) is 11.4 Å². The average molecular weight is 274 g/mol. The summed E-state index contributed by atoms with van der Waals surface area (Å²) >= 11 is 0. The van der Waals surface area contributed by atoms with Crippen molar-refractivity contribution in [2.45, 2.75) is 38.3 Å². The van der Waals surface area contributed by atoms with Crippen molar-refractivity contribution < 1.29 is 9.59 Å². The van der Waals surface area contributed by atoms with Crippen LogP contribution in [0, 0.1) is 0 Å². The van der Waals surface area contributed by atoms with E-state index in [1.165, 1.54) is 0 Å². The minimum atomic E-state index is -0.136. The van der Waals surface area contributed by atoms with Gasteiger partial charge in [0.25, 0.3) is 0 Å². The maximum atomic E-state index is 11.7. The fourth-order valence-electron chi connectivity index (χ4n) is 2.25. The van der Waals surface area contributed by atoms with Crippen molar-refractivity contribution >= 4 is 17.8 Å². The molecule has 0 radical (unpaired) electrons. The van der Waals surface area contributed by atoms with E-state index in [0.29, 0.717) is 24.8 Å². The van der Waals surface area contributed by atoms with Crippen molar-refractivity contribution in [1.82, 2.24) is 15.6 Å². The van der Waals surface area contributed by atoms with Gasteiger partial charge in [-0.15, -0.1) is 0 Å². The van der Waals surface area contributed by atoms with E-state index in [9.17, 15) is 9.59 Å². The van der Waals surface area contributed by atoms with Crippen molar-refractivity contribution in [1.29, 1.82) is 0 Å². The van der Waals surface area contributed by atoms with Gasteiger partial charge in [0.15, 0.2) is 0 Å². The molecule has 0 spiro atoms. The summed E-state index contributed by atoms with van der Waals surface area (Å²) in [5, 5.41) is 5.69. The molecular formula is C14H18N4O2. The highest BCUT2D eigenvalue weighted by atomic mass is 16.2. The largest absolute Gasteiger partial charge is 0.335 e. The van der Waals surface area contributed by atoms with Crippen molar-refractivity contribution in [3.05, 3.63) is 23.9 Å². The van der Waals surface area contributed by atoms with Gasteiger partial charge in [-0.2, -0.15) is 0 Å². The van der Waals surface area contributed by atoms with Crippen molar-refractivity contribution in [3.63, 3.8) is 0 Å². The maximum Gasteiger partial charge on any atom is 0.315 e. The molecule has 1 aromatic heterocycles. The maximum absolute atomic E-state index is 11.7. The number of anilines is 1. The zero-order chi connectivity index (χ0) is 13.9. The second-order valence-corrected chi connectivity index (χ2v) is 5.27. The summed E-state index contributed by atoms with van der Waals surface area (Å²) in [5.41, 5.74) is 0.945. The van der Waals surface area contributed by atoms with Crippen LogP contribution in [0.2, 0.25) is 0 Å². The van der Waals surface area contributed by atoms with Crippen LogP contribution in [0.25, 0.3) is 0 Å². The molecule has 2 aliphatic rings.